The van der Waals surface area contributed by atoms with Gasteiger partial charge in [0.05, 0.1) is 0 Å². The van der Waals surface area contributed by atoms with Crippen LogP contribution in [0.15, 0.2) is 24.3 Å². The zero-order valence-electron chi connectivity index (χ0n) is 10.4. The van der Waals surface area contributed by atoms with Crippen LogP contribution in [0.25, 0.3) is 6.08 Å². The average molecular weight is 266 g/mol. The molecule has 3 N–H and O–H groups in total. The van der Waals surface area contributed by atoms with E-state index in [-0.39, 0.29) is 11.6 Å². The van der Waals surface area contributed by atoms with Gasteiger partial charge in [0, 0.05) is 23.9 Å². The van der Waals surface area contributed by atoms with Gasteiger partial charge in [-0.25, -0.2) is 14.0 Å². The van der Waals surface area contributed by atoms with E-state index in [0.29, 0.717) is 12.2 Å². The van der Waals surface area contributed by atoms with E-state index in [4.69, 9.17) is 5.11 Å². The predicted molar refractivity (Wildman–Crippen MR) is 70.4 cm³/mol. The number of hydrogen-bond acceptors (Lipinski definition) is 2. The molecule has 0 spiro atoms. The molecule has 6 heteroatoms. The van der Waals surface area contributed by atoms with Crippen molar-refractivity contribution < 1.29 is 19.1 Å². The van der Waals surface area contributed by atoms with E-state index in [9.17, 15) is 14.0 Å². The molecule has 0 heterocycles. The van der Waals surface area contributed by atoms with Gasteiger partial charge in [0.2, 0.25) is 0 Å². The summed E-state index contributed by atoms with van der Waals surface area (Å²) in [6.07, 6.45) is 2.77. The third kappa shape index (κ3) is 5.20. The molecule has 5 nitrogen and oxygen atoms in total. The molecule has 0 unspecified atom stereocenters. The summed E-state index contributed by atoms with van der Waals surface area (Å²) in [4.78, 5) is 21.8. The molecule has 0 radical (unpaired) electrons. The van der Waals surface area contributed by atoms with Crippen LogP contribution in [0.3, 0.4) is 0 Å². The molecule has 0 fully saturated rings. The van der Waals surface area contributed by atoms with E-state index in [2.05, 4.69) is 10.6 Å². The Kier molecular flexibility index (Phi) is 5.53. The van der Waals surface area contributed by atoms with Gasteiger partial charge < -0.3 is 15.7 Å². The molecule has 1 rings (SSSR count). The van der Waals surface area contributed by atoms with Crippen molar-refractivity contribution in [2.75, 3.05) is 11.9 Å². The first-order valence-electron chi connectivity index (χ1n) is 5.78. The number of carbonyl (C=O) groups is 2. The van der Waals surface area contributed by atoms with Crippen LogP contribution in [0.4, 0.5) is 14.9 Å². The third-order valence-corrected chi connectivity index (χ3v) is 2.19. The number of amides is 2. The minimum absolute atomic E-state index is 0.0932. The molecule has 102 valence electrons. The minimum Gasteiger partial charge on any atom is -0.478 e. The Morgan fingerprint density at radius 2 is 2.16 bits per heavy atom. The van der Waals surface area contributed by atoms with Crippen molar-refractivity contribution in [3.63, 3.8) is 0 Å². The van der Waals surface area contributed by atoms with Crippen molar-refractivity contribution in [3.8, 4) is 0 Å². The maximum Gasteiger partial charge on any atom is 0.328 e. The molecule has 0 aliphatic heterocycles. The van der Waals surface area contributed by atoms with Crippen LogP contribution in [0.5, 0.6) is 0 Å². The summed E-state index contributed by atoms with van der Waals surface area (Å²) in [5.74, 6) is -1.73. The second kappa shape index (κ2) is 7.15. The number of carbonyl (C=O) groups excluding carboxylic acids is 1. The van der Waals surface area contributed by atoms with Crippen LogP contribution >= 0.6 is 0 Å². The van der Waals surface area contributed by atoms with Crippen molar-refractivity contribution >= 4 is 23.8 Å². The molecule has 0 atom stereocenters. The highest BCUT2D eigenvalue weighted by Gasteiger charge is 2.04. The van der Waals surface area contributed by atoms with Gasteiger partial charge in [0.25, 0.3) is 0 Å². The van der Waals surface area contributed by atoms with Gasteiger partial charge in [-0.15, -0.1) is 0 Å². The Balaban J connectivity index is 2.78. The molecule has 1 aromatic rings. The van der Waals surface area contributed by atoms with Crippen molar-refractivity contribution in [3.05, 3.63) is 35.7 Å². The minimum atomic E-state index is -1.17. The maximum absolute atomic E-state index is 13.4. The molecular formula is C13H15FN2O3. The fourth-order valence-corrected chi connectivity index (χ4v) is 1.32. The summed E-state index contributed by atoms with van der Waals surface area (Å²) in [7, 11) is 0. The van der Waals surface area contributed by atoms with E-state index in [1.165, 1.54) is 12.1 Å². The van der Waals surface area contributed by atoms with Crippen LogP contribution in [0.2, 0.25) is 0 Å². The van der Waals surface area contributed by atoms with Crippen molar-refractivity contribution in [2.45, 2.75) is 13.3 Å². The Labute approximate surface area is 110 Å². The summed E-state index contributed by atoms with van der Waals surface area (Å²) in [6.45, 7) is 2.46. The van der Waals surface area contributed by atoms with Crippen LogP contribution in [-0.2, 0) is 4.79 Å². The summed E-state index contributed by atoms with van der Waals surface area (Å²) in [6, 6.07) is 3.54. The highest BCUT2D eigenvalue weighted by Crippen LogP contribution is 2.16. The number of aliphatic carboxylic acids is 1. The van der Waals surface area contributed by atoms with E-state index in [0.717, 1.165) is 24.6 Å². The first-order chi connectivity index (χ1) is 9.02. The van der Waals surface area contributed by atoms with E-state index < -0.39 is 11.8 Å². The summed E-state index contributed by atoms with van der Waals surface area (Å²) < 4.78 is 13.4. The largest absolute Gasteiger partial charge is 0.478 e. The van der Waals surface area contributed by atoms with Gasteiger partial charge in [-0.05, 0) is 30.7 Å². The average Bonchev–Trinajstić information content (AvgIpc) is 2.37. The Bertz CT molecular complexity index is 501. The zero-order chi connectivity index (χ0) is 14.3. The van der Waals surface area contributed by atoms with Crippen LogP contribution < -0.4 is 10.6 Å². The number of halogens is 1. The van der Waals surface area contributed by atoms with Gasteiger partial charge in [0.15, 0.2) is 0 Å². The van der Waals surface area contributed by atoms with Gasteiger partial charge in [-0.3, -0.25) is 0 Å². The topological polar surface area (TPSA) is 78.4 Å². The number of carboxylic acids is 1. The van der Waals surface area contributed by atoms with Gasteiger partial charge in [-0.1, -0.05) is 6.92 Å². The Hall–Kier alpha value is -2.37. The molecule has 0 aliphatic rings. The molecule has 0 saturated heterocycles. The van der Waals surface area contributed by atoms with E-state index in [1.807, 2.05) is 6.92 Å². The quantitative estimate of drug-likeness (QED) is 0.716. The van der Waals surface area contributed by atoms with Crippen LogP contribution in [-0.4, -0.2) is 23.7 Å². The number of benzene rings is 1. The van der Waals surface area contributed by atoms with Gasteiger partial charge >= 0.3 is 12.0 Å². The second-order valence-corrected chi connectivity index (χ2v) is 3.79. The number of rotatable bonds is 5. The van der Waals surface area contributed by atoms with Crippen LogP contribution in [0, 0.1) is 5.82 Å². The fourth-order valence-electron chi connectivity index (χ4n) is 1.32. The molecule has 1 aromatic carbocycles. The molecule has 0 aliphatic carbocycles. The van der Waals surface area contributed by atoms with Gasteiger partial charge in [0.1, 0.15) is 5.82 Å². The van der Waals surface area contributed by atoms with E-state index in [1.54, 1.807) is 0 Å². The number of carboxylic acid groups (broad SMARTS) is 1. The zero-order valence-corrected chi connectivity index (χ0v) is 10.4. The number of urea groups is 1. The van der Waals surface area contributed by atoms with E-state index >= 15 is 0 Å². The lowest BCUT2D eigenvalue weighted by Gasteiger charge is -2.07. The fraction of sp³-hybridized carbons (Fsp3) is 0.231. The Morgan fingerprint density at radius 1 is 1.42 bits per heavy atom. The third-order valence-electron chi connectivity index (χ3n) is 2.19. The van der Waals surface area contributed by atoms with Crippen molar-refractivity contribution in [1.82, 2.24) is 5.32 Å². The number of anilines is 1. The lowest BCUT2D eigenvalue weighted by Crippen LogP contribution is -2.29. The molecule has 2 amide bonds. The normalized spacial score (nSPS) is 10.4. The van der Waals surface area contributed by atoms with Crippen LogP contribution in [0.1, 0.15) is 18.9 Å². The lowest BCUT2D eigenvalue weighted by atomic mass is 10.1. The standard InChI is InChI=1S/C13H15FN2O3/c1-2-7-15-13(19)16-10-4-5-11(14)9(8-10)3-6-12(17)18/h3-6,8H,2,7H2,1H3,(H,17,18)(H2,15,16,19)/b6-3+. The molecule has 0 aromatic heterocycles. The molecule has 19 heavy (non-hydrogen) atoms. The molecule has 0 bridgehead atoms. The Morgan fingerprint density at radius 3 is 2.79 bits per heavy atom. The first-order valence-corrected chi connectivity index (χ1v) is 5.78. The summed E-state index contributed by atoms with van der Waals surface area (Å²) in [5.41, 5.74) is 0.482. The smallest absolute Gasteiger partial charge is 0.328 e. The summed E-state index contributed by atoms with van der Waals surface area (Å²) in [5, 5.41) is 13.6. The highest BCUT2D eigenvalue weighted by molar-refractivity contribution is 5.90. The monoisotopic (exact) mass is 266 g/mol. The van der Waals surface area contributed by atoms with Gasteiger partial charge in [-0.2, -0.15) is 0 Å². The first kappa shape index (κ1) is 14.7. The second-order valence-electron chi connectivity index (χ2n) is 3.79. The number of nitrogens with one attached hydrogen (secondary N) is 2. The van der Waals surface area contributed by atoms with Crippen molar-refractivity contribution in [2.24, 2.45) is 0 Å². The molecule has 0 saturated carbocycles. The predicted octanol–water partition coefficient (Wildman–Crippen LogP) is 2.46. The SMILES string of the molecule is CCCNC(=O)Nc1ccc(F)c(/C=C/C(=O)O)c1. The summed E-state index contributed by atoms with van der Waals surface area (Å²) >= 11 is 0. The van der Waals surface area contributed by atoms with Crippen molar-refractivity contribution in [1.29, 1.82) is 0 Å². The number of hydrogen-bond donors (Lipinski definition) is 3. The lowest BCUT2D eigenvalue weighted by molar-refractivity contribution is -0.131. The maximum atomic E-state index is 13.4. The highest BCUT2D eigenvalue weighted by atomic mass is 19.1. The molecular weight excluding hydrogens is 251 g/mol.